The Bertz CT molecular complexity index is 778. The van der Waals surface area contributed by atoms with Gasteiger partial charge in [-0.1, -0.05) is 23.7 Å². The fourth-order valence-corrected chi connectivity index (χ4v) is 2.03. The van der Waals surface area contributed by atoms with E-state index < -0.39 is 17.6 Å². The van der Waals surface area contributed by atoms with Crippen LogP contribution in [0.3, 0.4) is 0 Å². The molecule has 0 amide bonds. The summed E-state index contributed by atoms with van der Waals surface area (Å²) in [6.07, 6.45) is -3.18. The average Bonchev–Trinajstić information content (AvgIpc) is 2.48. The number of benzene rings is 2. The molecule has 0 bridgehead atoms. The van der Waals surface area contributed by atoms with Crippen molar-refractivity contribution < 1.29 is 17.6 Å². The van der Waals surface area contributed by atoms with Crippen LogP contribution in [0.5, 0.6) is 0 Å². The Morgan fingerprint density at radius 3 is 2.58 bits per heavy atom. The first-order valence-corrected chi connectivity index (χ1v) is 7.27. The quantitative estimate of drug-likeness (QED) is 0.349. The van der Waals surface area contributed by atoms with E-state index in [4.69, 9.17) is 23.8 Å². The number of rotatable bonds is 3. The van der Waals surface area contributed by atoms with E-state index in [9.17, 15) is 17.6 Å². The summed E-state index contributed by atoms with van der Waals surface area (Å²) in [6, 6.07) is 8.49. The van der Waals surface area contributed by atoms with Gasteiger partial charge in [-0.05, 0) is 48.1 Å². The highest BCUT2D eigenvalue weighted by atomic mass is 35.5. The van der Waals surface area contributed by atoms with Crippen molar-refractivity contribution in [1.82, 2.24) is 5.43 Å². The van der Waals surface area contributed by atoms with Crippen LogP contribution in [0.2, 0.25) is 5.02 Å². The summed E-state index contributed by atoms with van der Waals surface area (Å²) in [4.78, 5) is 0. The number of hydrogen-bond acceptors (Lipinski definition) is 2. The lowest BCUT2D eigenvalue weighted by Crippen LogP contribution is -2.24. The van der Waals surface area contributed by atoms with Crippen LogP contribution in [0, 0.1) is 5.82 Å². The molecule has 0 atom stereocenters. The highest BCUT2D eigenvalue weighted by molar-refractivity contribution is 7.80. The molecule has 2 aromatic carbocycles. The Kier molecular flexibility index (Phi) is 5.74. The molecule has 0 fully saturated rings. The van der Waals surface area contributed by atoms with Crippen molar-refractivity contribution in [3.63, 3.8) is 0 Å². The van der Waals surface area contributed by atoms with E-state index in [2.05, 4.69) is 15.8 Å². The van der Waals surface area contributed by atoms with Gasteiger partial charge in [-0.3, -0.25) is 5.43 Å². The highest BCUT2D eigenvalue weighted by Gasteiger charge is 2.31. The molecule has 0 aliphatic carbocycles. The Hall–Kier alpha value is -2.19. The fourth-order valence-electron chi connectivity index (χ4n) is 1.70. The first-order chi connectivity index (χ1) is 11.3. The van der Waals surface area contributed by atoms with Crippen molar-refractivity contribution in [2.75, 3.05) is 5.32 Å². The van der Waals surface area contributed by atoms with Crippen LogP contribution >= 0.6 is 23.8 Å². The van der Waals surface area contributed by atoms with Gasteiger partial charge in [-0.25, -0.2) is 4.39 Å². The molecule has 0 saturated carbocycles. The summed E-state index contributed by atoms with van der Waals surface area (Å²) in [7, 11) is 0. The molecule has 0 radical (unpaired) electrons. The zero-order valence-electron chi connectivity index (χ0n) is 11.9. The lowest BCUT2D eigenvalue weighted by atomic mass is 10.2. The smallest absolute Gasteiger partial charge is 0.330 e. The van der Waals surface area contributed by atoms with Gasteiger partial charge in [0.05, 0.1) is 22.5 Å². The molecular formula is C15H10ClF4N3S. The molecule has 2 aromatic rings. The molecular weight excluding hydrogens is 366 g/mol. The number of alkyl halides is 3. The summed E-state index contributed by atoms with van der Waals surface area (Å²) < 4.78 is 51.1. The van der Waals surface area contributed by atoms with Crippen LogP contribution in [-0.2, 0) is 6.18 Å². The van der Waals surface area contributed by atoms with E-state index >= 15 is 0 Å². The second-order valence-corrected chi connectivity index (χ2v) is 5.39. The van der Waals surface area contributed by atoms with Crippen LogP contribution in [0.25, 0.3) is 0 Å². The SMILES string of the molecule is Fc1cccc(/C=N\NC(=S)Nc2cc(C(F)(F)F)ccc2Cl)c1. The predicted octanol–water partition coefficient (Wildman–Crippen LogP) is 4.82. The van der Waals surface area contributed by atoms with Gasteiger partial charge >= 0.3 is 6.18 Å². The third-order valence-electron chi connectivity index (χ3n) is 2.77. The van der Waals surface area contributed by atoms with Crippen LogP contribution < -0.4 is 10.7 Å². The van der Waals surface area contributed by atoms with Crippen molar-refractivity contribution in [1.29, 1.82) is 0 Å². The number of hydrogen-bond donors (Lipinski definition) is 2. The minimum absolute atomic E-state index is 0.00931. The maximum Gasteiger partial charge on any atom is 0.416 e. The van der Waals surface area contributed by atoms with Gasteiger partial charge in [-0.15, -0.1) is 0 Å². The van der Waals surface area contributed by atoms with E-state index in [1.165, 1.54) is 24.4 Å². The maximum atomic E-state index is 13.0. The molecule has 0 heterocycles. The number of thiocarbonyl (C=S) groups is 1. The summed E-state index contributed by atoms with van der Waals surface area (Å²) in [5.74, 6) is -0.421. The molecule has 0 aliphatic heterocycles. The third-order valence-corrected chi connectivity index (χ3v) is 3.29. The van der Waals surface area contributed by atoms with E-state index in [0.29, 0.717) is 5.56 Å². The molecule has 9 heteroatoms. The predicted molar refractivity (Wildman–Crippen MR) is 89.8 cm³/mol. The number of nitrogens with zero attached hydrogens (tertiary/aromatic N) is 1. The molecule has 24 heavy (non-hydrogen) atoms. The summed E-state index contributed by atoms with van der Waals surface area (Å²) >= 11 is 10.8. The Balaban J connectivity index is 2.02. The van der Waals surface area contributed by atoms with Crippen molar-refractivity contribution in [2.45, 2.75) is 6.18 Å². The van der Waals surface area contributed by atoms with Crippen LogP contribution in [0.15, 0.2) is 47.6 Å². The van der Waals surface area contributed by atoms with Crippen LogP contribution in [0.1, 0.15) is 11.1 Å². The number of halogens is 5. The maximum absolute atomic E-state index is 13.0. The molecule has 0 spiro atoms. The lowest BCUT2D eigenvalue weighted by Gasteiger charge is -2.12. The highest BCUT2D eigenvalue weighted by Crippen LogP contribution is 2.33. The van der Waals surface area contributed by atoms with Gasteiger partial charge < -0.3 is 5.32 Å². The fraction of sp³-hybridized carbons (Fsp3) is 0.0667. The van der Waals surface area contributed by atoms with Gasteiger partial charge in [0, 0.05) is 0 Å². The summed E-state index contributed by atoms with van der Waals surface area (Å²) in [5.41, 5.74) is 2.03. The van der Waals surface area contributed by atoms with E-state index in [0.717, 1.165) is 18.2 Å². The largest absolute Gasteiger partial charge is 0.416 e. The monoisotopic (exact) mass is 375 g/mol. The molecule has 3 nitrogen and oxygen atoms in total. The van der Waals surface area contributed by atoms with Crippen molar-refractivity contribution in [3.05, 3.63) is 64.4 Å². The molecule has 126 valence electrons. The second kappa shape index (κ2) is 7.59. The number of anilines is 1. The first kappa shape index (κ1) is 18.2. The van der Waals surface area contributed by atoms with Crippen molar-refractivity contribution in [2.24, 2.45) is 5.10 Å². The molecule has 0 unspecified atom stereocenters. The summed E-state index contributed by atoms with van der Waals surface area (Å²) in [5, 5.41) is 6.29. The van der Waals surface area contributed by atoms with Gasteiger partial charge in [0.1, 0.15) is 5.82 Å². The molecule has 2 N–H and O–H groups in total. The molecule has 0 saturated heterocycles. The standard InChI is InChI=1S/C15H10ClF4N3S/c16-12-5-4-10(15(18,19)20)7-13(12)22-14(24)23-21-8-9-2-1-3-11(17)6-9/h1-8H,(H2,22,23,24)/b21-8-. The van der Waals surface area contributed by atoms with Gasteiger partial charge in [-0.2, -0.15) is 18.3 Å². The van der Waals surface area contributed by atoms with Crippen molar-refractivity contribution >= 4 is 40.8 Å². The zero-order valence-corrected chi connectivity index (χ0v) is 13.4. The Labute approximate surface area is 145 Å². The van der Waals surface area contributed by atoms with Crippen LogP contribution in [0.4, 0.5) is 23.2 Å². The lowest BCUT2D eigenvalue weighted by molar-refractivity contribution is -0.137. The van der Waals surface area contributed by atoms with E-state index in [1.807, 2.05) is 0 Å². The zero-order chi connectivity index (χ0) is 17.7. The van der Waals surface area contributed by atoms with E-state index in [1.54, 1.807) is 6.07 Å². The summed E-state index contributed by atoms with van der Waals surface area (Å²) in [6.45, 7) is 0. The van der Waals surface area contributed by atoms with Gasteiger partial charge in [0.15, 0.2) is 5.11 Å². The van der Waals surface area contributed by atoms with Gasteiger partial charge in [0.2, 0.25) is 0 Å². The van der Waals surface area contributed by atoms with Gasteiger partial charge in [0.25, 0.3) is 0 Å². The minimum atomic E-state index is -4.49. The van der Waals surface area contributed by atoms with Crippen molar-refractivity contribution in [3.8, 4) is 0 Å². The Morgan fingerprint density at radius 2 is 1.92 bits per heavy atom. The topological polar surface area (TPSA) is 36.4 Å². The Morgan fingerprint density at radius 1 is 1.17 bits per heavy atom. The first-order valence-electron chi connectivity index (χ1n) is 6.48. The number of nitrogens with one attached hydrogen (secondary N) is 2. The third kappa shape index (κ3) is 5.17. The molecule has 2 rings (SSSR count). The molecule has 0 aliphatic rings. The normalized spacial score (nSPS) is 11.5. The minimum Gasteiger partial charge on any atom is -0.330 e. The number of hydrazone groups is 1. The van der Waals surface area contributed by atoms with Crippen LogP contribution in [-0.4, -0.2) is 11.3 Å². The second-order valence-electron chi connectivity index (χ2n) is 4.57. The average molecular weight is 376 g/mol. The van der Waals surface area contributed by atoms with E-state index in [-0.39, 0.29) is 15.8 Å². The molecule has 0 aromatic heterocycles.